The second-order valence-corrected chi connectivity index (χ2v) is 8.07. The summed E-state index contributed by atoms with van der Waals surface area (Å²) in [5.41, 5.74) is 5.24. The van der Waals surface area contributed by atoms with Crippen LogP contribution in [0.1, 0.15) is 42.3 Å². The van der Waals surface area contributed by atoms with E-state index >= 15 is 0 Å². The van der Waals surface area contributed by atoms with Gasteiger partial charge in [-0.05, 0) is 47.4 Å². The SMILES string of the molecule is CC(C)(C)c1ccc(OCCOc2ccccc2/C=N/NC(=O)c2ccccc2)cc1. The third-order valence-electron chi connectivity index (χ3n) is 4.65. The molecule has 0 radical (unpaired) electrons. The first-order valence-corrected chi connectivity index (χ1v) is 10.3. The van der Waals surface area contributed by atoms with E-state index in [9.17, 15) is 4.79 Å². The van der Waals surface area contributed by atoms with Crippen molar-refractivity contribution in [2.45, 2.75) is 26.2 Å². The first-order chi connectivity index (χ1) is 14.9. The Balaban J connectivity index is 1.49. The number of hydrazone groups is 1. The van der Waals surface area contributed by atoms with Crippen LogP contribution in [0.4, 0.5) is 0 Å². The molecule has 3 aromatic rings. The van der Waals surface area contributed by atoms with Crippen LogP contribution in [0.2, 0.25) is 0 Å². The number of nitrogens with zero attached hydrogens (tertiary/aromatic N) is 1. The van der Waals surface area contributed by atoms with Crippen molar-refractivity contribution < 1.29 is 14.3 Å². The molecule has 3 aromatic carbocycles. The number of ether oxygens (including phenoxy) is 2. The van der Waals surface area contributed by atoms with Gasteiger partial charge in [0.1, 0.15) is 24.7 Å². The average molecular weight is 417 g/mol. The molecule has 0 saturated carbocycles. The van der Waals surface area contributed by atoms with Gasteiger partial charge in [0.15, 0.2) is 0 Å². The Hall–Kier alpha value is -3.60. The third-order valence-corrected chi connectivity index (χ3v) is 4.65. The fourth-order valence-electron chi connectivity index (χ4n) is 2.90. The van der Waals surface area contributed by atoms with Gasteiger partial charge in [0, 0.05) is 11.1 Å². The number of rotatable bonds is 8. The van der Waals surface area contributed by atoms with E-state index in [-0.39, 0.29) is 11.3 Å². The van der Waals surface area contributed by atoms with E-state index in [1.165, 1.54) is 5.56 Å². The fourth-order valence-corrected chi connectivity index (χ4v) is 2.90. The van der Waals surface area contributed by atoms with Gasteiger partial charge in [-0.15, -0.1) is 0 Å². The number of hydrogen-bond acceptors (Lipinski definition) is 4. The monoisotopic (exact) mass is 416 g/mol. The standard InChI is InChI=1S/C26H28N2O3/c1-26(2,3)22-13-15-23(16-14-22)30-17-18-31-24-12-8-7-11-21(24)19-27-28-25(29)20-9-5-4-6-10-20/h4-16,19H,17-18H2,1-3H3,(H,28,29)/b27-19+. The van der Waals surface area contributed by atoms with E-state index in [0.717, 1.165) is 11.3 Å². The molecule has 0 saturated heterocycles. The molecule has 5 nitrogen and oxygen atoms in total. The van der Waals surface area contributed by atoms with Gasteiger partial charge in [0.2, 0.25) is 0 Å². The van der Waals surface area contributed by atoms with Crippen molar-refractivity contribution in [1.82, 2.24) is 5.43 Å². The number of benzene rings is 3. The first kappa shape index (κ1) is 22.1. The lowest BCUT2D eigenvalue weighted by molar-refractivity contribution is 0.0955. The van der Waals surface area contributed by atoms with E-state index in [1.54, 1.807) is 18.3 Å². The minimum absolute atomic E-state index is 0.119. The van der Waals surface area contributed by atoms with Crippen LogP contribution in [-0.4, -0.2) is 25.3 Å². The summed E-state index contributed by atoms with van der Waals surface area (Å²) in [7, 11) is 0. The molecule has 0 spiro atoms. The summed E-state index contributed by atoms with van der Waals surface area (Å²) in [6.07, 6.45) is 1.57. The quantitative estimate of drug-likeness (QED) is 0.312. The topological polar surface area (TPSA) is 59.9 Å². The van der Waals surface area contributed by atoms with Crippen molar-refractivity contribution in [3.63, 3.8) is 0 Å². The minimum atomic E-state index is -0.263. The van der Waals surface area contributed by atoms with Crippen LogP contribution in [0.25, 0.3) is 0 Å². The molecule has 0 aromatic heterocycles. The van der Waals surface area contributed by atoms with E-state index in [0.29, 0.717) is 24.5 Å². The highest BCUT2D eigenvalue weighted by Crippen LogP contribution is 2.24. The summed E-state index contributed by atoms with van der Waals surface area (Å²) in [5.74, 6) is 1.23. The van der Waals surface area contributed by atoms with Gasteiger partial charge in [-0.3, -0.25) is 4.79 Å². The highest BCUT2D eigenvalue weighted by atomic mass is 16.5. The van der Waals surface area contributed by atoms with E-state index in [4.69, 9.17) is 9.47 Å². The number of carbonyl (C=O) groups excluding carboxylic acids is 1. The van der Waals surface area contributed by atoms with Crippen LogP contribution < -0.4 is 14.9 Å². The highest BCUT2D eigenvalue weighted by Gasteiger charge is 2.13. The molecule has 0 aliphatic carbocycles. The zero-order valence-electron chi connectivity index (χ0n) is 18.2. The lowest BCUT2D eigenvalue weighted by Crippen LogP contribution is -2.17. The van der Waals surface area contributed by atoms with Crippen molar-refractivity contribution in [1.29, 1.82) is 0 Å². The van der Waals surface area contributed by atoms with Gasteiger partial charge in [0.05, 0.1) is 6.21 Å². The molecule has 31 heavy (non-hydrogen) atoms. The summed E-state index contributed by atoms with van der Waals surface area (Å²) in [6.45, 7) is 7.37. The number of carbonyl (C=O) groups is 1. The molecule has 0 fully saturated rings. The van der Waals surface area contributed by atoms with Crippen molar-refractivity contribution in [3.05, 3.63) is 95.6 Å². The lowest BCUT2D eigenvalue weighted by atomic mass is 9.87. The van der Waals surface area contributed by atoms with E-state index in [2.05, 4.69) is 43.4 Å². The minimum Gasteiger partial charge on any atom is -0.490 e. The Morgan fingerprint density at radius 1 is 0.871 bits per heavy atom. The lowest BCUT2D eigenvalue weighted by Gasteiger charge is -2.19. The predicted molar refractivity (Wildman–Crippen MR) is 124 cm³/mol. The summed E-state index contributed by atoms with van der Waals surface area (Å²) in [4.78, 5) is 12.1. The molecule has 5 heteroatoms. The zero-order valence-corrected chi connectivity index (χ0v) is 18.2. The number of para-hydroxylation sites is 1. The molecule has 0 aliphatic heterocycles. The van der Waals surface area contributed by atoms with Gasteiger partial charge in [-0.25, -0.2) is 5.43 Å². The van der Waals surface area contributed by atoms with Crippen LogP contribution in [-0.2, 0) is 5.41 Å². The van der Waals surface area contributed by atoms with Crippen LogP contribution in [0, 0.1) is 0 Å². The smallest absolute Gasteiger partial charge is 0.271 e. The molecule has 0 atom stereocenters. The third kappa shape index (κ3) is 6.71. The first-order valence-electron chi connectivity index (χ1n) is 10.3. The number of nitrogens with one attached hydrogen (secondary N) is 1. The van der Waals surface area contributed by atoms with Crippen LogP contribution in [0.5, 0.6) is 11.5 Å². The zero-order chi connectivity index (χ0) is 22.1. The normalized spacial score (nSPS) is 11.3. The van der Waals surface area contributed by atoms with Crippen LogP contribution >= 0.6 is 0 Å². The summed E-state index contributed by atoms with van der Waals surface area (Å²) in [5, 5.41) is 4.05. The van der Waals surface area contributed by atoms with Crippen molar-refractivity contribution in [2.75, 3.05) is 13.2 Å². The molecule has 0 unspecified atom stereocenters. The maximum Gasteiger partial charge on any atom is 0.271 e. The molecule has 3 rings (SSSR count). The average Bonchev–Trinajstić information content (AvgIpc) is 2.78. The Morgan fingerprint density at radius 2 is 1.52 bits per heavy atom. The van der Waals surface area contributed by atoms with Crippen LogP contribution in [0.15, 0.2) is 84.0 Å². The second kappa shape index (κ2) is 10.4. The van der Waals surface area contributed by atoms with Gasteiger partial charge in [-0.1, -0.05) is 63.2 Å². The molecule has 0 heterocycles. The summed E-state index contributed by atoms with van der Waals surface area (Å²) < 4.78 is 11.6. The maximum atomic E-state index is 12.1. The van der Waals surface area contributed by atoms with Crippen molar-refractivity contribution >= 4 is 12.1 Å². The van der Waals surface area contributed by atoms with Crippen LogP contribution in [0.3, 0.4) is 0 Å². The molecule has 160 valence electrons. The predicted octanol–water partition coefficient (Wildman–Crippen LogP) is 5.21. The van der Waals surface area contributed by atoms with Gasteiger partial charge in [-0.2, -0.15) is 5.10 Å². The molecule has 0 aliphatic rings. The van der Waals surface area contributed by atoms with E-state index < -0.39 is 0 Å². The van der Waals surface area contributed by atoms with E-state index in [1.807, 2.05) is 54.6 Å². The van der Waals surface area contributed by atoms with Gasteiger partial charge < -0.3 is 9.47 Å². The molecular weight excluding hydrogens is 388 g/mol. The summed E-state index contributed by atoms with van der Waals surface area (Å²) >= 11 is 0. The Kier molecular flexibility index (Phi) is 7.44. The number of amides is 1. The molecule has 1 N–H and O–H groups in total. The van der Waals surface area contributed by atoms with Gasteiger partial charge in [0.25, 0.3) is 5.91 Å². The molecular formula is C26H28N2O3. The Morgan fingerprint density at radius 3 is 2.23 bits per heavy atom. The largest absolute Gasteiger partial charge is 0.490 e. The Bertz CT molecular complexity index is 1010. The molecule has 0 bridgehead atoms. The summed E-state index contributed by atoms with van der Waals surface area (Å²) in [6, 6.07) is 24.6. The fraction of sp³-hybridized carbons (Fsp3) is 0.231. The Labute approximate surface area is 183 Å². The van der Waals surface area contributed by atoms with Gasteiger partial charge >= 0.3 is 0 Å². The maximum absolute atomic E-state index is 12.1. The molecule has 1 amide bonds. The number of hydrogen-bond donors (Lipinski definition) is 1. The van der Waals surface area contributed by atoms with Crippen molar-refractivity contribution in [3.8, 4) is 11.5 Å². The van der Waals surface area contributed by atoms with Crippen molar-refractivity contribution in [2.24, 2.45) is 5.10 Å². The second-order valence-electron chi connectivity index (χ2n) is 8.07. The highest BCUT2D eigenvalue weighted by molar-refractivity contribution is 5.95.